The molecule has 0 saturated carbocycles. The quantitative estimate of drug-likeness (QED) is 0.0297. The number of benzene rings is 3. The molecule has 15 nitrogen and oxygen atoms in total. The zero-order chi connectivity index (χ0) is 47.4. The van der Waals surface area contributed by atoms with Crippen molar-refractivity contribution < 1.29 is 63.7 Å². The molecular formula is C47H57BrN2O13S. The van der Waals surface area contributed by atoms with E-state index in [1.165, 1.54) is 53.2 Å². The van der Waals surface area contributed by atoms with E-state index in [4.69, 9.17) is 18.9 Å². The van der Waals surface area contributed by atoms with E-state index in [0.717, 1.165) is 17.3 Å². The molecule has 3 heterocycles. The molecule has 5 bridgehead atoms. The van der Waals surface area contributed by atoms with Crippen LogP contribution in [-0.2, 0) is 29.1 Å². The molecule has 6 rings (SSSR count). The number of rotatable bonds is 8. The van der Waals surface area contributed by atoms with Gasteiger partial charge in [0.15, 0.2) is 5.75 Å². The number of alkyl halides is 1. The zero-order valence-electron chi connectivity index (χ0n) is 37.2. The van der Waals surface area contributed by atoms with Crippen molar-refractivity contribution in [2.45, 2.75) is 95.8 Å². The summed E-state index contributed by atoms with van der Waals surface area (Å²) in [6.45, 7) is 12.5. The van der Waals surface area contributed by atoms with E-state index in [9.17, 15) is 44.7 Å². The van der Waals surface area contributed by atoms with Crippen molar-refractivity contribution in [3.8, 4) is 23.0 Å². The molecule has 64 heavy (non-hydrogen) atoms. The van der Waals surface area contributed by atoms with Gasteiger partial charge in [-0.2, -0.15) is 0 Å². The SMILES string of the molecule is CO[C@H]1/C=C/O[C@@]2(C)Oc3c(C)c(O)c4c(O)c(c(SCCNC(=O)c5ccc(CBr)cc5)c(O)c4c3C2=O)NC(=O)/C(C)=C\C=C\[C@H](C)[C@H](O)[C@@H](C)[C@@H](O)[C@@H](C)[C@H](OC(C)=O)[C@@H]1C. The Hall–Kier alpha value is -5.07. The zero-order valence-corrected chi connectivity index (χ0v) is 39.6. The lowest BCUT2D eigenvalue weighted by molar-refractivity contribution is -0.160. The fourth-order valence-corrected chi connectivity index (χ4v) is 9.31. The number of aliphatic hydroxyl groups is 2. The molecule has 0 fully saturated rings. The number of ketones is 1. The number of carbonyl (C=O) groups excluding carboxylic acids is 4. The third kappa shape index (κ3) is 10.2. The van der Waals surface area contributed by atoms with Crippen LogP contribution in [0.25, 0.3) is 10.8 Å². The number of Topliss-reactive ketones (excluding diaryl/α,β-unsaturated/α-hetero) is 1. The number of aliphatic hydroxyl groups excluding tert-OH is 2. The first-order chi connectivity index (χ1) is 30.2. The number of methoxy groups -OCH3 is 1. The van der Waals surface area contributed by atoms with Gasteiger partial charge >= 0.3 is 11.8 Å². The Kier molecular flexibility index (Phi) is 16.3. The van der Waals surface area contributed by atoms with Gasteiger partial charge in [0, 0.05) is 84.3 Å². The van der Waals surface area contributed by atoms with Crippen molar-refractivity contribution >= 4 is 67.7 Å². The van der Waals surface area contributed by atoms with E-state index >= 15 is 0 Å². The highest BCUT2D eigenvalue weighted by Gasteiger charge is 2.50. The minimum atomic E-state index is -2.07. The number of hydrogen-bond donors (Lipinski definition) is 7. The maximum Gasteiger partial charge on any atom is 0.312 e. The lowest BCUT2D eigenvalue weighted by Crippen LogP contribution is -2.46. The smallest absolute Gasteiger partial charge is 0.312 e. The van der Waals surface area contributed by atoms with Crippen LogP contribution in [0.5, 0.6) is 23.0 Å². The van der Waals surface area contributed by atoms with Gasteiger partial charge in [0.2, 0.25) is 0 Å². The molecule has 3 aromatic rings. The standard InChI is InChI=1S/C47H57BrN2O13S/c1-22-11-10-12-23(2)45(58)50-35-39(55)33-32(40(56)43(35)64-20-18-49-46(59)30-15-13-29(21-48)14-16-30)34-42(27(6)38(33)54)63-47(8,44(34)57)61-19-17-31(60-9)24(3)41(62-28(7)51)26(5)37(53)25(4)36(22)52/h10-17,19,22,24-26,31,36-37,41,52-56H,18,20-21H2,1-9H3,(H,49,59)(H,50,58)/b11-10+,19-17+,23-12-/t22-,24+,25+,26+,31-,36-,37+,41+,47-/m0/s1. The van der Waals surface area contributed by atoms with Crippen LogP contribution in [-0.4, -0.2) is 98.7 Å². The van der Waals surface area contributed by atoms with Crippen LogP contribution in [0.4, 0.5) is 5.69 Å². The first kappa shape index (κ1) is 49.9. The third-order valence-electron chi connectivity index (χ3n) is 12.0. The Morgan fingerprint density at radius 2 is 1.61 bits per heavy atom. The van der Waals surface area contributed by atoms with Crippen molar-refractivity contribution in [2.24, 2.45) is 23.7 Å². The van der Waals surface area contributed by atoms with Crippen LogP contribution in [0.1, 0.15) is 80.3 Å². The number of carbonyl (C=O) groups is 4. The average molecular weight is 970 g/mol. The maximum atomic E-state index is 14.5. The average Bonchev–Trinajstić information content (AvgIpc) is 3.53. The van der Waals surface area contributed by atoms with Crippen molar-refractivity contribution in [2.75, 3.05) is 24.7 Å². The third-order valence-corrected chi connectivity index (χ3v) is 13.7. The summed E-state index contributed by atoms with van der Waals surface area (Å²) in [4.78, 5) is 53.5. The second-order valence-corrected chi connectivity index (χ2v) is 18.1. The Balaban J connectivity index is 1.63. The number of amides is 2. The maximum absolute atomic E-state index is 14.5. The Labute approximate surface area is 385 Å². The minimum absolute atomic E-state index is 0.0313. The minimum Gasteiger partial charge on any atom is -0.507 e. The predicted octanol–water partition coefficient (Wildman–Crippen LogP) is 7.17. The number of fused-ring (bicyclic) bond motifs is 14. The fourth-order valence-electron chi connectivity index (χ4n) is 8.00. The lowest BCUT2D eigenvalue weighted by Gasteiger charge is -2.38. The molecule has 9 atom stereocenters. The van der Waals surface area contributed by atoms with Crippen molar-refractivity contribution in [3.63, 3.8) is 0 Å². The van der Waals surface area contributed by atoms with Crippen LogP contribution in [0, 0.1) is 30.6 Å². The Morgan fingerprint density at radius 1 is 0.938 bits per heavy atom. The molecule has 0 spiro atoms. The molecule has 3 aromatic carbocycles. The van der Waals surface area contributed by atoms with Crippen molar-refractivity contribution in [3.05, 3.63) is 82.7 Å². The number of esters is 1. The number of aromatic hydroxyl groups is 3. The van der Waals surface area contributed by atoms with Crippen LogP contribution in [0.15, 0.2) is 65.3 Å². The van der Waals surface area contributed by atoms with E-state index in [1.807, 2.05) is 12.1 Å². The van der Waals surface area contributed by atoms with Gasteiger partial charge in [0.05, 0.1) is 40.4 Å². The summed E-state index contributed by atoms with van der Waals surface area (Å²) in [5.41, 5.74) is 1.12. The molecule has 0 aromatic heterocycles. The molecule has 346 valence electrons. The number of halogens is 1. The highest BCUT2D eigenvalue weighted by molar-refractivity contribution is 9.08. The van der Waals surface area contributed by atoms with Crippen molar-refractivity contribution in [1.82, 2.24) is 5.32 Å². The second kappa shape index (κ2) is 20.8. The number of nitrogens with one attached hydrogen (secondary N) is 2. The van der Waals surface area contributed by atoms with Gasteiger partial charge in [0.1, 0.15) is 29.0 Å². The number of allylic oxidation sites excluding steroid dienone is 2. The molecular weight excluding hydrogens is 912 g/mol. The monoisotopic (exact) mass is 968 g/mol. The molecule has 3 aliphatic rings. The summed E-state index contributed by atoms with van der Waals surface area (Å²) in [6, 6.07) is 7.01. The molecule has 3 aliphatic heterocycles. The van der Waals surface area contributed by atoms with E-state index < -0.39 is 88.8 Å². The van der Waals surface area contributed by atoms with E-state index in [-0.39, 0.29) is 62.0 Å². The predicted molar refractivity (Wildman–Crippen MR) is 246 cm³/mol. The summed E-state index contributed by atoms with van der Waals surface area (Å²) in [5, 5.41) is 64.2. The number of ether oxygens (including phenoxy) is 4. The summed E-state index contributed by atoms with van der Waals surface area (Å²) in [7, 11) is 1.43. The van der Waals surface area contributed by atoms with Crippen LogP contribution < -0.4 is 15.4 Å². The summed E-state index contributed by atoms with van der Waals surface area (Å²) in [5.74, 6) is -8.82. The molecule has 2 amide bonds. The summed E-state index contributed by atoms with van der Waals surface area (Å²) < 4.78 is 23.6. The molecule has 0 radical (unpaired) electrons. The van der Waals surface area contributed by atoms with Gasteiger partial charge in [-0.3, -0.25) is 19.2 Å². The lowest BCUT2D eigenvalue weighted by atomic mass is 9.78. The Bertz CT molecular complexity index is 2370. The van der Waals surface area contributed by atoms with E-state index in [0.29, 0.717) is 10.9 Å². The fraction of sp³-hybridized carbons (Fsp3) is 0.447. The molecule has 0 aliphatic carbocycles. The normalized spacial score (nSPS) is 28.4. The number of hydrogen-bond acceptors (Lipinski definition) is 14. The van der Waals surface area contributed by atoms with Crippen LogP contribution >= 0.6 is 27.7 Å². The van der Waals surface area contributed by atoms with Gasteiger partial charge in [-0.05, 0) is 37.6 Å². The molecule has 0 unspecified atom stereocenters. The highest BCUT2D eigenvalue weighted by atomic mass is 79.9. The first-order valence-corrected chi connectivity index (χ1v) is 22.9. The van der Waals surface area contributed by atoms with Gasteiger partial charge in [-0.1, -0.05) is 74.0 Å². The first-order valence-electron chi connectivity index (χ1n) is 20.8. The summed E-state index contributed by atoms with van der Waals surface area (Å²) >= 11 is 4.36. The number of phenolic OH excluding ortho intramolecular Hbond substituents is 3. The van der Waals surface area contributed by atoms with E-state index in [2.05, 4.69) is 26.6 Å². The molecule has 7 N–H and O–H groups in total. The van der Waals surface area contributed by atoms with Crippen molar-refractivity contribution in [1.29, 1.82) is 0 Å². The van der Waals surface area contributed by atoms with Gasteiger partial charge in [-0.25, -0.2) is 0 Å². The van der Waals surface area contributed by atoms with Crippen LogP contribution in [0.2, 0.25) is 0 Å². The number of phenols is 3. The largest absolute Gasteiger partial charge is 0.507 e. The van der Waals surface area contributed by atoms with Gasteiger partial charge in [-0.15, -0.1) is 11.8 Å². The summed E-state index contributed by atoms with van der Waals surface area (Å²) in [6.07, 6.45) is 3.41. The van der Waals surface area contributed by atoms with E-state index in [1.54, 1.807) is 52.0 Å². The number of thioether (sulfide) groups is 1. The second-order valence-electron chi connectivity index (χ2n) is 16.5. The molecule has 0 saturated heterocycles. The Morgan fingerprint density at radius 3 is 2.23 bits per heavy atom. The number of anilines is 1. The van der Waals surface area contributed by atoms with Gasteiger partial charge in [0.25, 0.3) is 17.6 Å². The van der Waals surface area contributed by atoms with Crippen LogP contribution in [0.3, 0.4) is 0 Å². The highest BCUT2D eigenvalue weighted by Crippen LogP contribution is 2.57. The topological polar surface area (TPSA) is 230 Å². The molecule has 17 heteroatoms. The van der Waals surface area contributed by atoms with Gasteiger partial charge < -0.3 is 55.1 Å².